The number of aryl methyl sites for hydroxylation is 1. The molecule has 0 bridgehead atoms. The van der Waals surface area contributed by atoms with E-state index in [9.17, 15) is 0 Å². The number of fused-ring (bicyclic) bond motifs is 1. The van der Waals surface area contributed by atoms with Gasteiger partial charge >= 0.3 is 0 Å². The van der Waals surface area contributed by atoms with Crippen LogP contribution in [0.5, 0.6) is 0 Å². The van der Waals surface area contributed by atoms with E-state index in [2.05, 4.69) is 340 Å². The summed E-state index contributed by atoms with van der Waals surface area (Å²) in [5.41, 5.74) is 33.8. The van der Waals surface area contributed by atoms with Crippen LogP contribution in [0.2, 0.25) is 0 Å². The van der Waals surface area contributed by atoms with E-state index in [4.69, 9.17) is 23.8 Å². The fraction of sp³-hybridized carbons (Fsp3) is 0.0160. The molecule has 13 aromatic carbocycles. The van der Waals surface area contributed by atoms with Crippen molar-refractivity contribution in [3.05, 3.63) is 532 Å². The maximum Gasteiger partial charge on any atom is 0.143 e. The summed E-state index contributed by atoms with van der Waals surface area (Å²) in [5.74, 6) is 2.73. The summed E-state index contributed by atoms with van der Waals surface area (Å²) >= 11 is 5.30. The van der Waals surface area contributed by atoms with Crippen molar-refractivity contribution in [2.24, 2.45) is 0 Å². The normalized spacial score (nSPS) is 10.7. The van der Waals surface area contributed by atoms with E-state index < -0.39 is 0 Å². The molecule has 0 spiro atoms. The first-order chi connectivity index (χ1) is 68.4. The van der Waals surface area contributed by atoms with E-state index in [0.717, 1.165) is 141 Å². The first-order valence-corrected chi connectivity index (χ1v) is 48.2. The number of pyridine rings is 4. The van der Waals surface area contributed by atoms with Gasteiger partial charge in [-0.2, -0.15) is 0 Å². The smallest absolute Gasteiger partial charge is 0.143 e. The van der Waals surface area contributed by atoms with Crippen molar-refractivity contribution in [3.8, 4) is 183 Å². The van der Waals surface area contributed by atoms with Gasteiger partial charge in [0.05, 0.1) is 69.0 Å². The van der Waals surface area contributed by atoms with Crippen molar-refractivity contribution in [2.45, 2.75) is 13.8 Å². The number of hydrogen-bond acceptors (Lipinski definition) is 12. The molecule has 0 radical (unpaired) electrons. The minimum atomic E-state index is 0.850. The van der Waals surface area contributed by atoms with Crippen molar-refractivity contribution in [1.29, 1.82) is 0 Å². The second-order valence-corrected chi connectivity index (χ2v) is 34.8. The number of rotatable bonds is 17. The Kier molecular flexibility index (Phi) is 29.0. The average molecular weight is 1830 g/mol. The summed E-state index contributed by atoms with van der Waals surface area (Å²) in [4.78, 5) is 37.0. The van der Waals surface area contributed by atoms with Gasteiger partial charge in [0.1, 0.15) is 17.3 Å². The monoisotopic (exact) mass is 1830 g/mol. The van der Waals surface area contributed by atoms with Gasteiger partial charge in [0, 0.05) is 106 Å². The van der Waals surface area contributed by atoms with Crippen LogP contribution in [0.3, 0.4) is 0 Å². The third-order valence-electron chi connectivity index (χ3n) is 23.3. The van der Waals surface area contributed by atoms with Crippen LogP contribution in [-0.2, 0) is 0 Å². The van der Waals surface area contributed by atoms with Gasteiger partial charge in [0.25, 0.3) is 0 Å². The quantitative estimate of drug-likeness (QED) is 0.0877. The highest BCUT2D eigenvalue weighted by Crippen LogP contribution is 2.47. The van der Waals surface area contributed by atoms with Crippen LogP contribution in [0.25, 0.3) is 194 Å². The van der Waals surface area contributed by atoms with Gasteiger partial charge < -0.3 is 13.4 Å². The zero-order chi connectivity index (χ0) is 93.2. The standard InChI is InChI=1S/C32H22N2.C21H18N2S.C21H15NO.C21H15NS.C15H11NO.C15H11NS/c1-3-13-23(14-4-1)25-17-7-9-19-27(25)31-32(34-30-22-12-11-21-29(30)33-31)28-20-10-8-18-26(28)24-15-5-2-6-16-24;1-15-20(22-16(2)23(15)18-11-7-4-8-12-18)19-13-14-24-21(19)17-9-5-3-6-10-17;2*1-3-9-16(10-4-1)18-15-23-21(17-11-5-2-6-12-17)20(18)19-13-7-8-14-22-19;2*1-2-6-12(7-3-1)15-13(9-11-17-15)14-8-4-5-10-16-14/h1-22H;3-14H,1-2H3;2*1-15H;2*1-11H. The molecular weight excluding hydrogens is 1740 g/mol. The van der Waals surface area contributed by atoms with E-state index >= 15 is 0 Å². The van der Waals surface area contributed by atoms with E-state index in [1.54, 1.807) is 46.5 Å². The lowest BCUT2D eigenvalue weighted by Crippen LogP contribution is -1.98. The maximum absolute atomic E-state index is 5.95. The van der Waals surface area contributed by atoms with Crippen molar-refractivity contribution in [2.75, 3.05) is 0 Å². The number of benzene rings is 13. The van der Waals surface area contributed by atoms with Crippen molar-refractivity contribution in [1.82, 2.24) is 39.5 Å². The number of para-hydroxylation sites is 3. The Labute approximate surface area is 816 Å². The Morgan fingerprint density at radius 1 is 0.225 bits per heavy atom. The zero-order valence-electron chi connectivity index (χ0n) is 75.8. The Balaban J connectivity index is 0.000000107. The SMILES string of the molecule is Cc1nc(-c2ccsc2-c2ccccc2)c(C)n1-c1ccccc1.c1ccc(-c2ccccc2-c2nc3ccccc3nc2-c2ccccc2-c2ccccc2)cc1.c1ccc(-c2coc(-c3ccccc3)c2-c2ccccn2)cc1.c1ccc(-c2csc(-c3ccccc3)c2-c2ccccn2)cc1.c1ccc(-c2occc2-c2ccccn2)cc1.c1ccc(-c2sccc2-c2ccccn2)cc1. The van der Waals surface area contributed by atoms with Crippen molar-refractivity contribution >= 4 is 45.0 Å². The fourth-order valence-corrected chi connectivity index (χ4v) is 19.8. The Bertz CT molecular complexity index is 7340. The van der Waals surface area contributed by atoms with Crippen LogP contribution in [0.4, 0.5) is 0 Å². The van der Waals surface area contributed by atoms with Crippen LogP contribution in [0.15, 0.2) is 529 Å². The minimum Gasteiger partial charge on any atom is -0.464 e. The molecule has 10 nitrogen and oxygen atoms in total. The maximum atomic E-state index is 5.95. The Morgan fingerprint density at radius 3 is 1.01 bits per heavy atom. The number of thiophene rings is 3. The zero-order valence-corrected chi connectivity index (χ0v) is 78.2. The highest BCUT2D eigenvalue weighted by atomic mass is 32.1. The first-order valence-electron chi connectivity index (χ1n) is 45.6. The van der Waals surface area contributed by atoms with E-state index in [-0.39, 0.29) is 0 Å². The van der Waals surface area contributed by atoms with Crippen LogP contribution in [-0.4, -0.2) is 39.5 Å². The largest absolute Gasteiger partial charge is 0.464 e. The molecule has 0 aliphatic rings. The predicted molar refractivity (Wildman–Crippen MR) is 575 cm³/mol. The molecular formula is C125H92N8O2S3. The lowest BCUT2D eigenvalue weighted by molar-refractivity contribution is 0.583. The first kappa shape index (κ1) is 89.9. The summed E-state index contributed by atoms with van der Waals surface area (Å²) in [6.07, 6.45) is 10.8. The van der Waals surface area contributed by atoms with Gasteiger partial charge in [0.2, 0.25) is 0 Å². The predicted octanol–water partition coefficient (Wildman–Crippen LogP) is 34.5. The second kappa shape index (κ2) is 44.5. The summed E-state index contributed by atoms with van der Waals surface area (Å²) in [7, 11) is 0. The van der Waals surface area contributed by atoms with Crippen LogP contribution in [0.1, 0.15) is 11.5 Å². The van der Waals surface area contributed by atoms with E-state index in [0.29, 0.717) is 0 Å². The van der Waals surface area contributed by atoms with Gasteiger partial charge in [-0.1, -0.05) is 376 Å². The van der Waals surface area contributed by atoms with Gasteiger partial charge in [-0.3, -0.25) is 19.9 Å². The summed E-state index contributed by atoms with van der Waals surface area (Å²) < 4.78 is 13.7. The molecule has 0 N–H and O–H groups in total. The molecule has 0 unspecified atom stereocenters. The highest BCUT2D eigenvalue weighted by molar-refractivity contribution is 7.15. The minimum absolute atomic E-state index is 0.850. The molecule has 24 aromatic rings. The summed E-state index contributed by atoms with van der Waals surface area (Å²) in [6, 6.07) is 159. The number of hydrogen-bond donors (Lipinski definition) is 0. The molecule has 0 amide bonds. The van der Waals surface area contributed by atoms with Crippen molar-refractivity contribution in [3.63, 3.8) is 0 Å². The van der Waals surface area contributed by atoms with Crippen molar-refractivity contribution < 1.29 is 8.83 Å². The molecule has 13 heteroatoms. The van der Waals surface area contributed by atoms with Gasteiger partial charge in [-0.05, 0) is 171 Å². The third-order valence-corrected chi connectivity index (χ3v) is 26.3. The Morgan fingerprint density at radius 2 is 0.565 bits per heavy atom. The molecule has 138 heavy (non-hydrogen) atoms. The number of aromatic nitrogens is 8. The van der Waals surface area contributed by atoms with E-state index in [1.165, 1.54) is 64.8 Å². The molecule has 0 saturated carbocycles. The van der Waals surface area contributed by atoms with Crippen LogP contribution >= 0.6 is 34.0 Å². The number of imidazole rings is 1. The third kappa shape index (κ3) is 21.0. The molecule has 11 heterocycles. The summed E-state index contributed by atoms with van der Waals surface area (Å²) in [6.45, 7) is 4.22. The van der Waals surface area contributed by atoms with Gasteiger partial charge in [0.15, 0.2) is 0 Å². The van der Waals surface area contributed by atoms with Crippen LogP contribution in [0, 0.1) is 13.8 Å². The summed E-state index contributed by atoms with van der Waals surface area (Å²) in [5, 5.41) is 6.50. The molecule has 0 aliphatic heterocycles. The number of furan rings is 2. The lowest BCUT2D eigenvalue weighted by Gasteiger charge is -2.16. The average Bonchev–Trinajstić information content (AvgIpc) is 1.55. The van der Waals surface area contributed by atoms with E-state index in [1.807, 2.05) is 207 Å². The lowest BCUT2D eigenvalue weighted by atomic mass is 9.92. The van der Waals surface area contributed by atoms with Gasteiger partial charge in [-0.25, -0.2) is 15.0 Å². The molecule has 11 aromatic heterocycles. The second-order valence-electron chi connectivity index (χ2n) is 32.1. The molecule has 662 valence electrons. The fourth-order valence-electron chi connectivity index (χ4n) is 16.9. The van der Waals surface area contributed by atoms with Gasteiger partial charge in [-0.15, -0.1) is 34.0 Å². The molecule has 0 saturated heterocycles. The Hall–Kier alpha value is -17.3. The molecule has 0 aliphatic carbocycles. The molecule has 0 atom stereocenters. The number of nitrogens with zero attached hydrogens (tertiary/aromatic N) is 8. The highest BCUT2D eigenvalue weighted by Gasteiger charge is 2.25. The molecule has 0 fully saturated rings. The molecule has 24 rings (SSSR count). The topological polar surface area (TPSA) is 121 Å². The van der Waals surface area contributed by atoms with Crippen LogP contribution < -0.4 is 0 Å².